The Morgan fingerprint density at radius 3 is 2.67 bits per heavy atom. The van der Waals surface area contributed by atoms with Gasteiger partial charge in [0.2, 0.25) is 0 Å². The summed E-state index contributed by atoms with van der Waals surface area (Å²) in [5.41, 5.74) is 7.05. The van der Waals surface area contributed by atoms with E-state index in [1.54, 1.807) is 12.1 Å². The van der Waals surface area contributed by atoms with Gasteiger partial charge < -0.3 is 4.74 Å². The third-order valence-corrected chi connectivity index (χ3v) is 7.78. The van der Waals surface area contributed by atoms with Crippen molar-refractivity contribution >= 4 is 28.3 Å². The normalized spacial score (nSPS) is 20.9. The van der Waals surface area contributed by atoms with Crippen LogP contribution in [0.4, 0.5) is 10.1 Å². The number of hydrogen-bond donors (Lipinski definition) is 0. The Morgan fingerprint density at radius 1 is 1.12 bits per heavy atom. The fraction of sp³-hybridized carbons (Fsp3) is 0.393. The molecule has 0 saturated heterocycles. The molecule has 5 rings (SSSR count). The molecule has 0 spiro atoms. The highest BCUT2D eigenvalue weighted by Crippen LogP contribution is 2.43. The zero-order valence-electron chi connectivity index (χ0n) is 19.4. The van der Waals surface area contributed by atoms with E-state index in [4.69, 9.17) is 9.73 Å². The van der Waals surface area contributed by atoms with E-state index < -0.39 is 0 Å². The van der Waals surface area contributed by atoms with Gasteiger partial charge in [0.1, 0.15) is 5.82 Å². The molecule has 0 radical (unpaired) electrons. The van der Waals surface area contributed by atoms with Crippen LogP contribution in [0.15, 0.2) is 47.6 Å². The van der Waals surface area contributed by atoms with Crippen LogP contribution in [-0.2, 0) is 11.2 Å². The van der Waals surface area contributed by atoms with E-state index >= 15 is 0 Å². The van der Waals surface area contributed by atoms with E-state index in [9.17, 15) is 9.18 Å². The number of aromatic nitrogens is 1. The van der Waals surface area contributed by atoms with Crippen LogP contribution in [0.25, 0.3) is 10.9 Å². The highest BCUT2D eigenvalue weighted by Gasteiger charge is 2.32. The molecular weight excluding hydrogens is 415 g/mol. The molecule has 3 aromatic rings. The van der Waals surface area contributed by atoms with Gasteiger partial charge in [-0.3, -0.25) is 9.98 Å². The van der Waals surface area contributed by atoms with Crippen molar-refractivity contribution in [3.63, 3.8) is 0 Å². The second-order valence-corrected chi connectivity index (χ2v) is 9.47. The van der Waals surface area contributed by atoms with Gasteiger partial charge in [0.15, 0.2) is 0 Å². The molecule has 1 aliphatic carbocycles. The molecule has 0 bridgehead atoms. The predicted molar refractivity (Wildman–Crippen MR) is 129 cm³/mol. The lowest BCUT2D eigenvalue weighted by Crippen LogP contribution is -2.25. The van der Waals surface area contributed by atoms with Crippen LogP contribution in [0.5, 0.6) is 0 Å². The lowest BCUT2D eigenvalue weighted by molar-refractivity contribution is 0.0600. The van der Waals surface area contributed by atoms with Gasteiger partial charge in [-0.15, -0.1) is 0 Å². The number of ether oxygens (including phenoxy) is 1. The third kappa shape index (κ3) is 3.94. The van der Waals surface area contributed by atoms with Gasteiger partial charge >= 0.3 is 5.97 Å². The standard InChI is InChI=1S/C28H29FN2O2/c1-16(27-15-23-17(2)21(28(32)33-3)9-11-26(23)31-27)18-4-6-19(7-5-18)22-12-13-30-25-10-8-20(29)14-24(22)25/h8-14,16,18-19H,4-7,15H2,1-3H3/t16-,18?,19?/m1/s1. The van der Waals surface area contributed by atoms with Gasteiger partial charge in [0.25, 0.3) is 0 Å². The van der Waals surface area contributed by atoms with E-state index in [2.05, 4.69) is 18.0 Å². The fourth-order valence-corrected chi connectivity index (χ4v) is 5.74. The summed E-state index contributed by atoms with van der Waals surface area (Å²) in [5.74, 6) is 0.918. The number of carbonyl (C=O) groups excluding carboxylic acids is 1. The minimum Gasteiger partial charge on any atom is -0.465 e. The van der Waals surface area contributed by atoms with Crippen LogP contribution in [0.3, 0.4) is 0 Å². The van der Waals surface area contributed by atoms with Crippen molar-refractivity contribution in [1.29, 1.82) is 0 Å². The number of rotatable bonds is 4. The van der Waals surface area contributed by atoms with Crippen molar-refractivity contribution in [2.24, 2.45) is 16.8 Å². The van der Waals surface area contributed by atoms with E-state index in [1.165, 1.54) is 24.5 Å². The summed E-state index contributed by atoms with van der Waals surface area (Å²) in [4.78, 5) is 21.4. The monoisotopic (exact) mass is 444 g/mol. The van der Waals surface area contributed by atoms with Crippen molar-refractivity contribution in [2.75, 3.05) is 7.11 Å². The van der Waals surface area contributed by atoms with Gasteiger partial charge in [0.05, 0.1) is 23.9 Å². The Hall–Kier alpha value is -3.08. The molecule has 0 amide bonds. The molecule has 1 fully saturated rings. The van der Waals surface area contributed by atoms with E-state index in [0.29, 0.717) is 23.3 Å². The molecule has 2 aliphatic rings. The lowest BCUT2D eigenvalue weighted by Gasteiger charge is -2.33. The van der Waals surface area contributed by atoms with Crippen LogP contribution in [0, 0.1) is 24.6 Å². The second kappa shape index (κ2) is 8.69. The van der Waals surface area contributed by atoms with Crippen LogP contribution in [0.2, 0.25) is 0 Å². The number of carbonyl (C=O) groups is 1. The van der Waals surface area contributed by atoms with Crippen LogP contribution in [0.1, 0.15) is 65.6 Å². The molecule has 33 heavy (non-hydrogen) atoms. The van der Waals surface area contributed by atoms with Crippen molar-refractivity contribution < 1.29 is 13.9 Å². The third-order valence-electron chi connectivity index (χ3n) is 7.78. The molecule has 1 saturated carbocycles. The quantitative estimate of drug-likeness (QED) is 0.420. The van der Waals surface area contributed by atoms with Gasteiger partial charge in [0, 0.05) is 23.7 Å². The number of methoxy groups -OCH3 is 1. The molecule has 2 aromatic carbocycles. The van der Waals surface area contributed by atoms with E-state index in [1.807, 2.05) is 25.3 Å². The summed E-state index contributed by atoms with van der Waals surface area (Å²) in [6.07, 6.45) is 7.10. The highest BCUT2D eigenvalue weighted by molar-refractivity contribution is 5.99. The first-order chi connectivity index (χ1) is 16.0. The zero-order chi connectivity index (χ0) is 23.1. The maximum Gasteiger partial charge on any atom is 0.338 e. The van der Waals surface area contributed by atoms with E-state index in [-0.39, 0.29) is 11.8 Å². The Balaban J connectivity index is 1.29. The summed E-state index contributed by atoms with van der Waals surface area (Å²) < 4.78 is 18.8. The average Bonchev–Trinajstić information content (AvgIpc) is 3.28. The van der Waals surface area contributed by atoms with Gasteiger partial charge in [-0.1, -0.05) is 6.92 Å². The van der Waals surface area contributed by atoms with E-state index in [0.717, 1.165) is 59.8 Å². The molecule has 0 N–H and O–H groups in total. The molecule has 5 heteroatoms. The molecule has 170 valence electrons. The van der Waals surface area contributed by atoms with Crippen LogP contribution < -0.4 is 0 Å². The Labute approximate surface area is 193 Å². The number of benzene rings is 2. The number of hydrogen-bond acceptors (Lipinski definition) is 4. The minimum atomic E-state index is -0.293. The Bertz CT molecular complexity index is 1260. The zero-order valence-corrected chi connectivity index (χ0v) is 19.4. The molecular formula is C28H29FN2O2. The first-order valence-electron chi connectivity index (χ1n) is 11.8. The highest BCUT2D eigenvalue weighted by atomic mass is 19.1. The lowest BCUT2D eigenvalue weighted by atomic mass is 9.72. The molecule has 2 heterocycles. The maximum absolute atomic E-state index is 13.9. The average molecular weight is 445 g/mol. The Kier molecular flexibility index (Phi) is 5.73. The molecule has 1 atom stereocenters. The summed E-state index contributed by atoms with van der Waals surface area (Å²) >= 11 is 0. The number of esters is 1. The number of halogens is 1. The minimum absolute atomic E-state index is 0.205. The second-order valence-electron chi connectivity index (χ2n) is 9.47. The summed E-state index contributed by atoms with van der Waals surface area (Å²) in [6, 6.07) is 10.7. The van der Waals surface area contributed by atoms with Gasteiger partial charge in [-0.2, -0.15) is 0 Å². The first kappa shape index (κ1) is 21.7. The van der Waals surface area contributed by atoms with Crippen LogP contribution >= 0.6 is 0 Å². The summed E-state index contributed by atoms with van der Waals surface area (Å²) in [5, 5.41) is 0.946. The van der Waals surface area contributed by atoms with Gasteiger partial charge in [-0.05, 0) is 103 Å². The van der Waals surface area contributed by atoms with Crippen LogP contribution in [-0.4, -0.2) is 23.8 Å². The topological polar surface area (TPSA) is 51.5 Å². The molecule has 1 aliphatic heterocycles. The van der Waals surface area contributed by atoms with Crippen molar-refractivity contribution in [1.82, 2.24) is 4.98 Å². The number of nitrogens with zero attached hydrogens (tertiary/aromatic N) is 2. The Morgan fingerprint density at radius 2 is 1.91 bits per heavy atom. The van der Waals surface area contributed by atoms with Crippen molar-refractivity contribution in [2.45, 2.75) is 51.9 Å². The molecule has 4 nitrogen and oxygen atoms in total. The fourth-order valence-electron chi connectivity index (χ4n) is 5.74. The molecule has 0 unspecified atom stereocenters. The number of aliphatic imine (C=N–C) groups is 1. The van der Waals surface area contributed by atoms with Gasteiger partial charge in [-0.25, -0.2) is 9.18 Å². The predicted octanol–water partition coefficient (Wildman–Crippen LogP) is 6.71. The first-order valence-corrected chi connectivity index (χ1v) is 11.8. The van der Waals surface area contributed by atoms with Crippen molar-refractivity contribution in [3.05, 3.63) is 70.7 Å². The maximum atomic E-state index is 13.9. The smallest absolute Gasteiger partial charge is 0.338 e. The number of pyridine rings is 1. The largest absolute Gasteiger partial charge is 0.465 e. The summed E-state index contributed by atoms with van der Waals surface area (Å²) in [7, 11) is 1.42. The SMILES string of the molecule is COC(=O)c1ccc2c(c1C)CC([C@H](C)C1CCC(c3ccnc4ccc(F)cc34)CC1)=N2. The molecule has 1 aromatic heterocycles. The van der Waals surface area contributed by atoms with Crippen molar-refractivity contribution in [3.8, 4) is 0 Å². The summed E-state index contributed by atoms with van der Waals surface area (Å²) in [6.45, 7) is 4.28. The number of fused-ring (bicyclic) bond motifs is 2.